The number of ketones is 1. The monoisotopic (exact) mass is 348 g/mol. The predicted octanol–water partition coefficient (Wildman–Crippen LogP) is 2.14. The summed E-state index contributed by atoms with van der Waals surface area (Å²) in [4.78, 5) is 24.2. The molecular weight excluding hydrogens is 332 g/mol. The molecule has 0 fully saturated rings. The molecule has 0 saturated carbocycles. The Bertz CT molecular complexity index is 853. The quantitative estimate of drug-likeness (QED) is 0.587. The summed E-state index contributed by atoms with van der Waals surface area (Å²) in [5.74, 6) is -0.706. The third-order valence-corrected chi connectivity index (χ3v) is 4.39. The van der Waals surface area contributed by atoms with Crippen molar-refractivity contribution in [2.45, 2.75) is 4.90 Å². The highest BCUT2D eigenvalue weighted by Gasteiger charge is 2.16. The Morgan fingerprint density at radius 2 is 1.62 bits per heavy atom. The number of rotatable bonds is 6. The van der Waals surface area contributed by atoms with E-state index in [0.717, 1.165) is 6.26 Å². The molecule has 24 heavy (non-hydrogen) atoms. The standard InChI is InChI=1S/C17H16O6S/c1-22-16-6-4-3-5-14(16)15(18)11-23-17(19)12-7-9-13(10-8-12)24(2,20)21/h3-10H,11H2,1-2H3. The molecule has 0 heterocycles. The molecule has 2 rings (SSSR count). The normalized spacial score (nSPS) is 10.9. The zero-order chi connectivity index (χ0) is 17.7. The van der Waals surface area contributed by atoms with Crippen molar-refractivity contribution in [3.05, 3.63) is 59.7 Å². The minimum Gasteiger partial charge on any atom is -0.496 e. The highest BCUT2D eigenvalue weighted by molar-refractivity contribution is 7.90. The molecule has 0 saturated heterocycles. The van der Waals surface area contributed by atoms with Crippen LogP contribution in [0.4, 0.5) is 0 Å². The van der Waals surface area contributed by atoms with Crippen molar-refractivity contribution >= 4 is 21.6 Å². The molecule has 126 valence electrons. The fourth-order valence-electron chi connectivity index (χ4n) is 2.01. The maximum absolute atomic E-state index is 12.1. The lowest BCUT2D eigenvalue weighted by Gasteiger charge is -2.08. The maximum Gasteiger partial charge on any atom is 0.338 e. The van der Waals surface area contributed by atoms with Crippen molar-refractivity contribution in [3.63, 3.8) is 0 Å². The third-order valence-electron chi connectivity index (χ3n) is 3.26. The van der Waals surface area contributed by atoms with Gasteiger partial charge in [0.15, 0.2) is 16.4 Å². The Hall–Kier alpha value is -2.67. The van der Waals surface area contributed by atoms with Crippen LogP contribution in [-0.4, -0.2) is 40.1 Å². The third kappa shape index (κ3) is 4.20. The van der Waals surface area contributed by atoms with Crippen molar-refractivity contribution in [2.24, 2.45) is 0 Å². The van der Waals surface area contributed by atoms with E-state index < -0.39 is 28.2 Å². The van der Waals surface area contributed by atoms with E-state index in [0.29, 0.717) is 11.3 Å². The van der Waals surface area contributed by atoms with Gasteiger partial charge in [0.1, 0.15) is 5.75 Å². The number of para-hydroxylation sites is 1. The molecule has 0 N–H and O–H groups in total. The first kappa shape index (κ1) is 17.7. The van der Waals surface area contributed by atoms with Gasteiger partial charge in [-0.1, -0.05) is 12.1 Å². The zero-order valence-electron chi connectivity index (χ0n) is 13.2. The average molecular weight is 348 g/mol. The van der Waals surface area contributed by atoms with Gasteiger partial charge in [0.2, 0.25) is 5.78 Å². The molecule has 0 aliphatic carbocycles. The first-order chi connectivity index (χ1) is 11.3. The zero-order valence-corrected chi connectivity index (χ0v) is 14.0. The second-order valence-corrected chi connectivity index (χ2v) is 7.01. The van der Waals surface area contributed by atoms with E-state index in [2.05, 4.69) is 0 Å². The van der Waals surface area contributed by atoms with Crippen LogP contribution in [0.1, 0.15) is 20.7 Å². The van der Waals surface area contributed by atoms with Crippen molar-refractivity contribution in [1.82, 2.24) is 0 Å². The molecule has 0 aromatic heterocycles. The number of hydrogen-bond acceptors (Lipinski definition) is 6. The van der Waals surface area contributed by atoms with Gasteiger partial charge in [-0.05, 0) is 36.4 Å². The number of hydrogen-bond donors (Lipinski definition) is 0. The molecule has 0 spiro atoms. The molecule has 0 unspecified atom stereocenters. The number of benzene rings is 2. The number of sulfone groups is 1. The topological polar surface area (TPSA) is 86.7 Å². The van der Waals surface area contributed by atoms with Crippen LogP contribution in [0.3, 0.4) is 0 Å². The van der Waals surface area contributed by atoms with E-state index in [4.69, 9.17) is 9.47 Å². The number of Topliss-reactive ketones (excluding diaryl/α,β-unsaturated/α-hetero) is 1. The van der Waals surface area contributed by atoms with Gasteiger partial charge in [-0.15, -0.1) is 0 Å². The summed E-state index contributed by atoms with van der Waals surface area (Å²) < 4.78 is 32.8. The minimum atomic E-state index is -3.33. The van der Waals surface area contributed by atoms with Gasteiger partial charge in [-0.25, -0.2) is 13.2 Å². The second kappa shape index (κ2) is 7.27. The molecule has 6 nitrogen and oxygen atoms in total. The lowest BCUT2D eigenvalue weighted by atomic mass is 10.1. The first-order valence-electron chi connectivity index (χ1n) is 6.96. The lowest BCUT2D eigenvalue weighted by molar-refractivity contribution is 0.0474. The summed E-state index contributed by atoms with van der Waals surface area (Å²) in [6.45, 7) is -0.437. The largest absolute Gasteiger partial charge is 0.496 e. The maximum atomic E-state index is 12.1. The molecule has 0 radical (unpaired) electrons. The lowest BCUT2D eigenvalue weighted by Crippen LogP contribution is -2.15. The van der Waals surface area contributed by atoms with Crippen LogP contribution >= 0.6 is 0 Å². The number of methoxy groups -OCH3 is 1. The van der Waals surface area contributed by atoms with Gasteiger partial charge in [-0.2, -0.15) is 0 Å². The molecule has 0 amide bonds. The Kier molecular flexibility index (Phi) is 5.35. The summed E-state index contributed by atoms with van der Waals surface area (Å²) in [6, 6.07) is 11.9. The number of carbonyl (C=O) groups excluding carboxylic acids is 2. The van der Waals surface area contributed by atoms with Crippen LogP contribution in [0.5, 0.6) is 5.75 Å². The molecule has 7 heteroatoms. The summed E-state index contributed by atoms with van der Waals surface area (Å²) in [5, 5.41) is 0. The molecule has 2 aromatic rings. The van der Waals surface area contributed by atoms with Crippen molar-refractivity contribution < 1.29 is 27.5 Å². The minimum absolute atomic E-state index is 0.101. The fourth-order valence-corrected chi connectivity index (χ4v) is 2.64. The number of ether oxygens (including phenoxy) is 2. The Balaban J connectivity index is 2.04. The van der Waals surface area contributed by atoms with Gasteiger partial charge in [-0.3, -0.25) is 4.79 Å². The highest BCUT2D eigenvalue weighted by atomic mass is 32.2. The summed E-state index contributed by atoms with van der Waals surface area (Å²) in [6.07, 6.45) is 1.08. The first-order valence-corrected chi connectivity index (χ1v) is 8.85. The van der Waals surface area contributed by atoms with Gasteiger partial charge in [0.25, 0.3) is 0 Å². The van der Waals surface area contributed by atoms with Gasteiger partial charge < -0.3 is 9.47 Å². The van der Waals surface area contributed by atoms with Crippen LogP contribution in [0, 0.1) is 0 Å². The summed E-state index contributed by atoms with van der Waals surface area (Å²) >= 11 is 0. The van der Waals surface area contributed by atoms with Crippen LogP contribution in [-0.2, 0) is 14.6 Å². The van der Waals surface area contributed by atoms with Gasteiger partial charge in [0.05, 0.1) is 23.1 Å². The molecule has 0 atom stereocenters. The van der Waals surface area contributed by atoms with E-state index in [9.17, 15) is 18.0 Å². The smallest absolute Gasteiger partial charge is 0.338 e. The summed E-state index contributed by atoms with van der Waals surface area (Å²) in [5.41, 5.74) is 0.482. The number of carbonyl (C=O) groups is 2. The predicted molar refractivity (Wildman–Crippen MR) is 87.2 cm³/mol. The van der Waals surface area contributed by atoms with Crippen molar-refractivity contribution in [1.29, 1.82) is 0 Å². The molecular formula is C17H16O6S. The van der Waals surface area contributed by atoms with E-state index in [-0.39, 0.29) is 10.5 Å². The van der Waals surface area contributed by atoms with Crippen molar-refractivity contribution in [2.75, 3.05) is 20.0 Å². The Morgan fingerprint density at radius 3 is 2.21 bits per heavy atom. The molecule has 2 aromatic carbocycles. The Labute approximate surface area is 139 Å². The van der Waals surface area contributed by atoms with Gasteiger partial charge in [0, 0.05) is 6.26 Å². The van der Waals surface area contributed by atoms with E-state index in [1.165, 1.54) is 31.4 Å². The van der Waals surface area contributed by atoms with Crippen LogP contribution < -0.4 is 4.74 Å². The molecule has 0 aliphatic heterocycles. The van der Waals surface area contributed by atoms with Gasteiger partial charge >= 0.3 is 5.97 Å². The SMILES string of the molecule is COc1ccccc1C(=O)COC(=O)c1ccc(S(C)(=O)=O)cc1. The van der Waals surface area contributed by atoms with Crippen molar-refractivity contribution in [3.8, 4) is 5.75 Å². The molecule has 0 bridgehead atoms. The van der Waals surface area contributed by atoms with Crippen LogP contribution in [0.15, 0.2) is 53.4 Å². The van der Waals surface area contributed by atoms with E-state index >= 15 is 0 Å². The second-order valence-electron chi connectivity index (χ2n) is 5.00. The summed E-state index contributed by atoms with van der Waals surface area (Å²) in [7, 11) is -1.89. The van der Waals surface area contributed by atoms with E-state index in [1.807, 2.05) is 0 Å². The van der Waals surface area contributed by atoms with E-state index in [1.54, 1.807) is 24.3 Å². The van der Waals surface area contributed by atoms with Crippen LogP contribution in [0.2, 0.25) is 0 Å². The highest BCUT2D eigenvalue weighted by Crippen LogP contribution is 2.18. The average Bonchev–Trinajstić information content (AvgIpc) is 2.58. The number of esters is 1. The fraction of sp³-hybridized carbons (Fsp3) is 0.176. The van der Waals surface area contributed by atoms with Crippen LogP contribution in [0.25, 0.3) is 0 Å². The Morgan fingerprint density at radius 1 is 1.00 bits per heavy atom. The molecule has 0 aliphatic rings.